The number of hydrogen-bond acceptors (Lipinski definition) is 2. The zero-order valence-corrected chi connectivity index (χ0v) is 8.13. The van der Waals surface area contributed by atoms with E-state index in [4.69, 9.17) is 9.47 Å². The lowest BCUT2D eigenvalue weighted by molar-refractivity contribution is 0.0735. The molecule has 0 aromatic heterocycles. The second kappa shape index (κ2) is 3.69. The Morgan fingerprint density at radius 2 is 2.40 bits per heavy atom. The van der Waals surface area contributed by atoms with Crippen molar-refractivity contribution in [2.45, 2.75) is 6.10 Å². The van der Waals surface area contributed by atoms with Crippen LogP contribution in [0.4, 0.5) is 0 Å². The maximum Gasteiger partial charge on any atom is 0.0899 e. The van der Waals surface area contributed by atoms with E-state index in [1.165, 1.54) is 0 Å². The molecule has 1 fully saturated rings. The molecule has 58 valence electrons. The summed E-state index contributed by atoms with van der Waals surface area (Å²) in [5.41, 5.74) is 0. The van der Waals surface area contributed by atoms with Crippen LogP contribution in [-0.4, -0.2) is 26.4 Å². The predicted octanol–water partition coefficient (Wildman–Crippen LogP) is 1.60. The molecular formula is C7H11IO2. The fourth-order valence-corrected chi connectivity index (χ4v) is 1.64. The van der Waals surface area contributed by atoms with Crippen molar-refractivity contribution in [3.63, 3.8) is 0 Å². The van der Waals surface area contributed by atoms with Crippen molar-refractivity contribution in [2.75, 3.05) is 20.3 Å². The smallest absolute Gasteiger partial charge is 0.0899 e. The van der Waals surface area contributed by atoms with Gasteiger partial charge in [-0.1, -0.05) is 6.58 Å². The molecule has 0 unspecified atom stereocenters. The number of methoxy groups -OCH3 is 1. The summed E-state index contributed by atoms with van der Waals surface area (Å²) in [6.45, 7) is 5.34. The zero-order valence-electron chi connectivity index (χ0n) is 5.97. The van der Waals surface area contributed by atoms with Crippen LogP contribution < -0.4 is 0 Å². The van der Waals surface area contributed by atoms with Crippen LogP contribution in [0.5, 0.6) is 0 Å². The van der Waals surface area contributed by atoms with Gasteiger partial charge in [-0.05, 0) is 26.2 Å². The van der Waals surface area contributed by atoms with E-state index in [2.05, 4.69) is 29.2 Å². The molecule has 0 radical (unpaired) electrons. The lowest BCUT2D eigenvalue weighted by Crippen LogP contribution is -2.20. The maximum atomic E-state index is 5.23. The third-order valence-corrected chi connectivity index (χ3v) is 2.53. The van der Waals surface area contributed by atoms with Crippen molar-refractivity contribution < 1.29 is 9.47 Å². The number of rotatable bonds is 2. The fraction of sp³-hybridized carbons (Fsp3) is 0.714. The van der Waals surface area contributed by atoms with Crippen molar-refractivity contribution in [2.24, 2.45) is 5.92 Å². The van der Waals surface area contributed by atoms with E-state index in [0.29, 0.717) is 12.5 Å². The monoisotopic (exact) mass is 254 g/mol. The first-order valence-corrected chi connectivity index (χ1v) is 4.28. The summed E-state index contributed by atoms with van der Waals surface area (Å²) in [6.07, 6.45) is 0.226. The van der Waals surface area contributed by atoms with E-state index in [-0.39, 0.29) is 6.10 Å². The Morgan fingerprint density at radius 1 is 1.70 bits per heavy atom. The maximum absolute atomic E-state index is 5.23. The largest absolute Gasteiger partial charge is 0.378 e. The molecule has 0 amide bonds. The van der Waals surface area contributed by atoms with Gasteiger partial charge in [0.2, 0.25) is 0 Å². The van der Waals surface area contributed by atoms with Crippen molar-refractivity contribution >= 4 is 22.6 Å². The average molecular weight is 254 g/mol. The Bertz CT molecular complexity index is 136. The van der Waals surface area contributed by atoms with Gasteiger partial charge in [-0.15, -0.1) is 0 Å². The second-order valence-electron chi connectivity index (χ2n) is 2.36. The molecule has 2 nitrogen and oxygen atoms in total. The third kappa shape index (κ3) is 1.71. The molecule has 0 N–H and O–H groups in total. The van der Waals surface area contributed by atoms with Crippen LogP contribution in [-0.2, 0) is 9.47 Å². The molecule has 1 heterocycles. The first-order chi connectivity index (χ1) is 4.75. The van der Waals surface area contributed by atoms with Gasteiger partial charge in [0.1, 0.15) is 0 Å². The molecule has 1 aliphatic heterocycles. The third-order valence-electron chi connectivity index (χ3n) is 1.73. The lowest BCUT2D eigenvalue weighted by atomic mass is 10.1. The Kier molecular flexibility index (Phi) is 3.13. The minimum Gasteiger partial charge on any atom is -0.378 e. The van der Waals surface area contributed by atoms with Crippen molar-refractivity contribution in [3.8, 4) is 0 Å². The summed E-state index contributed by atoms with van der Waals surface area (Å²) >= 11 is 2.23. The Hall–Kier alpha value is 0.390. The van der Waals surface area contributed by atoms with Gasteiger partial charge in [0.05, 0.1) is 19.3 Å². The summed E-state index contributed by atoms with van der Waals surface area (Å²) < 4.78 is 11.6. The average Bonchev–Trinajstić information content (AvgIpc) is 2.33. The van der Waals surface area contributed by atoms with Gasteiger partial charge < -0.3 is 9.47 Å². The molecule has 1 saturated heterocycles. The number of hydrogen-bond donors (Lipinski definition) is 0. The first-order valence-electron chi connectivity index (χ1n) is 3.20. The summed E-state index contributed by atoms with van der Waals surface area (Å²) in [7, 11) is 1.71. The molecule has 0 aromatic rings. The normalized spacial score (nSPS) is 32.6. The molecule has 3 heteroatoms. The van der Waals surface area contributed by atoms with Crippen LogP contribution in [0.25, 0.3) is 0 Å². The van der Waals surface area contributed by atoms with Gasteiger partial charge in [-0.3, -0.25) is 0 Å². The van der Waals surface area contributed by atoms with Crippen LogP contribution in [0.1, 0.15) is 0 Å². The molecule has 0 aromatic carbocycles. The van der Waals surface area contributed by atoms with Crippen LogP contribution in [0.15, 0.2) is 10.2 Å². The number of ether oxygens (including phenoxy) is 2. The van der Waals surface area contributed by atoms with E-state index in [1.54, 1.807) is 7.11 Å². The highest BCUT2D eigenvalue weighted by molar-refractivity contribution is 14.1. The molecule has 0 saturated carbocycles. The van der Waals surface area contributed by atoms with Crippen molar-refractivity contribution in [3.05, 3.63) is 10.2 Å². The van der Waals surface area contributed by atoms with Gasteiger partial charge in [-0.2, -0.15) is 0 Å². The van der Waals surface area contributed by atoms with Gasteiger partial charge in [-0.25, -0.2) is 0 Å². The van der Waals surface area contributed by atoms with Gasteiger partial charge >= 0.3 is 0 Å². The Balaban J connectivity index is 2.50. The molecule has 0 spiro atoms. The SMILES string of the molecule is C=C(I)[C@@H]1COC[C@@H]1OC. The lowest BCUT2D eigenvalue weighted by Gasteiger charge is -2.13. The van der Waals surface area contributed by atoms with E-state index in [9.17, 15) is 0 Å². The van der Waals surface area contributed by atoms with Crippen molar-refractivity contribution in [1.82, 2.24) is 0 Å². The van der Waals surface area contributed by atoms with Crippen LogP contribution in [0.3, 0.4) is 0 Å². The standard InChI is InChI=1S/C7H11IO2/c1-5(8)6-3-10-4-7(6)9-2/h6-7H,1,3-4H2,2H3/t6-,7-/m0/s1. The van der Waals surface area contributed by atoms with Crippen molar-refractivity contribution in [1.29, 1.82) is 0 Å². The molecule has 1 aliphatic rings. The van der Waals surface area contributed by atoms with E-state index < -0.39 is 0 Å². The highest BCUT2D eigenvalue weighted by atomic mass is 127. The van der Waals surface area contributed by atoms with Gasteiger partial charge in [0.15, 0.2) is 0 Å². The Morgan fingerprint density at radius 3 is 2.80 bits per heavy atom. The van der Waals surface area contributed by atoms with Crippen LogP contribution in [0, 0.1) is 5.92 Å². The topological polar surface area (TPSA) is 18.5 Å². The molecular weight excluding hydrogens is 243 g/mol. The van der Waals surface area contributed by atoms with Crippen LogP contribution in [0.2, 0.25) is 0 Å². The summed E-state index contributed by atoms with van der Waals surface area (Å²) in [4.78, 5) is 0. The predicted molar refractivity (Wildman–Crippen MR) is 48.3 cm³/mol. The van der Waals surface area contributed by atoms with E-state index >= 15 is 0 Å². The molecule has 0 aliphatic carbocycles. The molecule has 10 heavy (non-hydrogen) atoms. The quantitative estimate of drug-likeness (QED) is 0.697. The zero-order chi connectivity index (χ0) is 7.56. The second-order valence-corrected chi connectivity index (χ2v) is 3.75. The molecule has 1 rings (SSSR count). The van der Waals surface area contributed by atoms with Gasteiger partial charge in [0.25, 0.3) is 0 Å². The highest BCUT2D eigenvalue weighted by Gasteiger charge is 2.28. The summed E-state index contributed by atoms with van der Waals surface area (Å²) in [6, 6.07) is 0. The first kappa shape index (κ1) is 8.49. The van der Waals surface area contributed by atoms with E-state index in [1.807, 2.05) is 0 Å². The summed E-state index contributed by atoms with van der Waals surface area (Å²) in [5.74, 6) is 0.394. The van der Waals surface area contributed by atoms with Gasteiger partial charge in [0, 0.05) is 13.0 Å². The molecule has 2 atom stereocenters. The number of halogens is 1. The minimum atomic E-state index is 0.226. The summed E-state index contributed by atoms with van der Waals surface area (Å²) in [5, 5.41) is 0. The van der Waals surface area contributed by atoms with Crippen LogP contribution >= 0.6 is 22.6 Å². The minimum absolute atomic E-state index is 0.226. The Labute approximate surface area is 74.7 Å². The molecule has 0 bridgehead atoms. The fourth-order valence-electron chi connectivity index (χ4n) is 1.06. The highest BCUT2D eigenvalue weighted by Crippen LogP contribution is 2.26. The van der Waals surface area contributed by atoms with E-state index in [0.717, 1.165) is 10.2 Å².